The van der Waals surface area contributed by atoms with Crippen LogP contribution < -0.4 is 11.2 Å². The molecule has 0 radical (unpaired) electrons. The van der Waals surface area contributed by atoms with Crippen LogP contribution in [0.4, 0.5) is 5.69 Å². The molecular formula is C22H17N5O5S. The van der Waals surface area contributed by atoms with E-state index in [1.54, 1.807) is 24.3 Å². The zero-order valence-electron chi connectivity index (χ0n) is 17.6. The standard InChI is InChI=1S/C22H17N5O5S/c1-25-19-17(21(29)26(2)22(25)30)20(33-12-16(28)13-6-4-3-5-7-13)24-18(23-19)14-8-10-15(11-9-14)27(31)32/h3-11H,12H2,1-2H3. The molecule has 0 aliphatic rings. The van der Waals surface area contributed by atoms with Gasteiger partial charge < -0.3 is 0 Å². The summed E-state index contributed by atoms with van der Waals surface area (Å²) in [5, 5.41) is 11.3. The van der Waals surface area contributed by atoms with Crippen LogP contribution in [0.5, 0.6) is 0 Å². The van der Waals surface area contributed by atoms with Crippen LogP contribution in [0.3, 0.4) is 0 Å². The van der Waals surface area contributed by atoms with Crippen LogP contribution in [0.2, 0.25) is 0 Å². The number of aromatic nitrogens is 4. The molecule has 0 fully saturated rings. The molecule has 166 valence electrons. The second kappa shape index (κ2) is 8.79. The van der Waals surface area contributed by atoms with Gasteiger partial charge in [0.15, 0.2) is 17.3 Å². The number of aryl methyl sites for hydroxylation is 1. The maximum atomic E-state index is 12.9. The number of ketones is 1. The molecule has 2 aromatic heterocycles. The highest BCUT2D eigenvalue weighted by atomic mass is 32.2. The fourth-order valence-corrected chi connectivity index (χ4v) is 4.14. The van der Waals surface area contributed by atoms with Crippen molar-refractivity contribution in [3.63, 3.8) is 0 Å². The maximum absolute atomic E-state index is 12.9. The highest BCUT2D eigenvalue weighted by Crippen LogP contribution is 2.27. The topological polar surface area (TPSA) is 130 Å². The van der Waals surface area contributed by atoms with Crippen molar-refractivity contribution in [2.75, 3.05) is 5.75 Å². The van der Waals surface area contributed by atoms with E-state index in [0.717, 1.165) is 16.3 Å². The molecule has 33 heavy (non-hydrogen) atoms. The quantitative estimate of drug-likeness (QED) is 0.140. The summed E-state index contributed by atoms with van der Waals surface area (Å²) in [6, 6.07) is 14.3. The van der Waals surface area contributed by atoms with Crippen LogP contribution in [0.1, 0.15) is 10.4 Å². The predicted octanol–water partition coefficient (Wildman–Crippen LogP) is 2.58. The summed E-state index contributed by atoms with van der Waals surface area (Å²) in [4.78, 5) is 57.3. The maximum Gasteiger partial charge on any atom is 0.332 e. The molecule has 0 saturated carbocycles. The molecule has 0 bridgehead atoms. The minimum Gasteiger partial charge on any atom is -0.293 e. The number of carbonyl (C=O) groups is 1. The van der Waals surface area contributed by atoms with Crippen molar-refractivity contribution in [1.29, 1.82) is 0 Å². The molecule has 0 amide bonds. The number of fused-ring (bicyclic) bond motifs is 1. The van der Waals surface area contributed by atoms with E-state index in [1.165, 1.54) is 42.9 Å². The average molecular weight is 463 g/mol. The molecule has 0 atom stereocenters. The van der Waals surface area contributed by atoms with Crippen molar-refractivity contribution >= 4 is 34.3 Å². The Morgan fingerprint density at radius 3 is 2.30 bits per heavy atom. The van der Waals surface area contributed by atoms with E-state index in [0.29, 0.717) is 11.1 Å². The summed E-state index contributed by atoms with van der Waals surface area (Å²) in [5.41, 5.74) is -0.119. The largest absolute Gasteiger partial charge is 0.332 e. The van der Waals surface area contributed by atoms with Crippen molar-refractivity contribution in [1.82, 2.24) is 19.1 Å². The molecule has 0 aliphatic carbocycles. The number of nitro groups is 1. The van der Waals surface area contributed by atoms with E-state index in [2.05, 4.69) is 9.97 Å². The van der Waals surface area contributed by atoms with Gasteiger partial charge in [0.05, 0.1) is 10.7 Å². The van der Waals surface area contributed by atoms with Crippen molar-refractivity contribution in [2.45, 2.75) is 5.03 Å². The number of Topliss-reactive ketones (excluding diaryl/α,β-unsaturated/α-hetero) is 1. The van der Waals surface area contributed by atoms with Gasteiger partial charge in [0.2, 0.25) is 0 Å². The fourth-order valence-electron chi connectivity index (χ4n) is 3.24. The van der Waals surface area contributed by atoms with Gasteiger partial charge in [-0.2, -0.15) is 0 Å². The lowest BCUT2D eigenvalue weighted by atomic mass is 10.2. The van der Waals surface area contributed by atoms with Gasteiger partial charge >= 0.3 is 5.69 Å². The van der Waals surface area contributed by atoms with Gasteiger partial charge in [-0.05, 0) is 12.1 Å². The monoisotopic (exact) mass is 463 g/mol. The van der Waals surface area contributed by atoms with Crippen LogP contribution in [-0.4, -0.2) is 35.6 Å². The number of nitrogens with zero attached hydrogens (tertiary/aromatic N) is 5. The molecule has 4 aromatic rings. The zero-order valence-corrected chi connectivity index (χ0v) is 18.4. The third-order valence-electron chi connectivity index (χ3n) is 5.04. The summed E-state index contributed by atoms with van der Waals surface area (Å²) in [6.45, 7) is 0. The normalized spacial score (nSPS) is 11.0. The molecule has 0 unspecified atom stereocenters. The molecule has 0 N–H and O–H groups in total. The van der Waals surface area contributed by atoms with Crippen molar-refractivity contribution in [3.05, 3.63) is 91.1 Å². The van der Waals surface area contributed by atoms with E-state index in [9.17, 15) is 24.5 Å². The van der Waals surface area contributed by atoms with Gasteiger partial charge in [-0.1, -0.05) is 42.1 Å². The number of rotatable bonds is 6. The van der Waals surface area contributed by atoms with Gasteiger partial charge in [0.1, 0.15) is 10.4 Å². The Morgan fingerprint density at radius 1 is 1.00 bits per heavy atom. The smallest absolute Gasteiger partial charge is 0.293 e. The molecule has 2 heterocycles. The van der Waals surface area contributed by atoms with Gasteiger partial charge in [-0.25, -0.2) is 14.8 Å². The molecule has 10 nitrogen and oxygen atoms in total. The summed E-state index contributed by atoms with van der Waals surface area (Å²) < 4.78 is 2.19. The average Bonchev–Trinajstić information content (AvgIpc) is 2.84. The van der Waals surface area contributed by atoms with E-state index in [4.69, 9.17) is 0 Å². The molecule has 0 spiro atoms. The minimum absolute atomic E-state index is 0.0157. The summed E-state index contributed by atoms with van der Waals surface area (Å²) in [7, 11) is 2.85. The summed E-state index contributed by atoms with van der Waals surface area (Å²) in [6.07, 6.45) is 0. The molecule has 11 heteroatoms. The fraction of sp³-hybridized carbons (Fsp3) is 0.136. The van der Waals surface area contributed by atoms with Gasteiger partial charge in [-0.15, -0.1) is 0 Å². The third-order valence-corrected chi connectivity index (χ3v) is 6.01. The first kappa shape index (κ1) is 22.1. The predicted molar refractivity (Wildman–Crippen MR) is 124 cm³/mol. The third kappa shape index (κ3) is 4.17. The van der Waals surface area contributed by atoms with Gasteiger partial charge in [-0.3, -0.25) is 28.8 Å². The first-order valence-corrected chi connectivity index (χ1v) is 10.7. The zero-order chi connectivity index (χ0) is 23.7. The summed E-state index contributed by atoms with van der Waals surface area (Å²) in [5.74, 6) is 0.0446. The van der Waals surface area contributed by atoms with E-state index in [-0.39, 0.29) is 39.1 Å². The number of thioether (sulfide) groups is 1. The van der Waals surface area contributed by atoms with Gasteiger partial charge in [0, 0.05) is 37.4 Å². The summed E-state index contributed by atoms with van der Waals surface area (Å²) >= 11 is 1.07. The first-order chi connectivity index (χ1) is 15.8. The number of benzene rings is 2. The minimum atomic E-state index is -0.571. The Labute approximate surface area is 190 Å². The molecule has 0 aliphatic heterocycles. The number of hydrogen-bond donors (Lipinski definition) is 0. The molecular weight excluding hydrogens is 446 g/mol. The van der Waals surface area contributed by atoms with E-state index in [1.807, 2.05) is 6.07 Å². The van der Waals surface area contributed by atoms with Gasteiger partial charge in [0.25, 0.3) is 11.2 Å². The van der Waals surface area contributed by atoms with Crippen LogP contribution in [0.15, 0.2) is 69.2 Å². The lowest BCUT2D eigenvalue weighted by molar-refractivity contribution is -0.384. The number of non-ortho nitro benzene ring substituents is 1. The number of nitro benzene ring substituents is 1. The molecule has 4 rings (SSSR count). The van der Waals surface area contributed by atoms with E-state index >= 15 is 0 Å². The second-order valence-corrected chi connectivity index (χ2v) is 8.10. The molecule has 0 saturated heterocycles. The highest BCUT2D eigenvalue weighted by Gasteiger charge is 2.19. The first-order valence-electron chi connectivity index (χ1n) is 9.71. The van der Waals surface area contributed by atoms with Crippen LogP contribution in [0.25, 0.3) is 22.4 Å². The lowest BCUT2D eigenvalue weighted by Crippen LogP contribution is -2.37. The van der Waals surface area contributed by atoms with Crippen molar-refractivity contribution in [2.24, 2.45) is 14.1 Å². The SMILES string of the molecule is Cn1c(=O)c2c(SCC(=O)c3ccccc3)nc(-c3ccc([N+](=O)[O-])cc3)nc2n(C)c1=O. The van der Waals surface area contributed by atoms with E-state index < -0.39 is 16.2 Å². The Balaban J connectivity index is 1.85. The Kier molecular flexibility index (Phi) is 5.88. The lowest BCUT2D eigenvalue weighted by Gasteiger charge is -2.12. The second-order valence-electron chi connectivity index (χ2n) is 7.14. The number of carbonyl (C=O) groups excluding carboxylic acids is 1. The molecule has 2 aromatic carbocycles. The number of hydrogen-bond acceptors (Lipinski definition) is 8. The Hall–Kier alpha value is -4.12. The van der Waals surface area contributed by atoms with Crippen molar-refractivity contribution in [3.8, 4) is 11.4 Å². The van der Waals surface area contributed by atoms with Crippen molar-refractivity contribution < 1.29 is 9.72 Å². The van der Waals surface area contributed by atoms with Crippen LogP contribution in [0, 0.1) is 10.1 Å². The van der Waals surface area contributed by atoms with Crippen LogP contribution >= 0.6 is 11.8 Å². The Bertz CT molecular complexity index is 1510. The Morgan fingerprint density at radius 2 is 1.67 bits per heavy atom. The van der Waals surface area contributed by atoms with Crippen LogP contribution in [-0.2, 0) is 14.1 Å². The highest BCUT2D eigenvalue weighted by molar-refractivity contribution is 8.00.